The third-order valence-corrected chi connectivity index (χ3v) is 3.38. The lowest BCUT2D eigenvalue weighted by Gasteiger charge is -2.41. The summed E-state index contributed by atoms with van der Waals surface area (Å²) < 4.78 is 0. The van der Waals surface area contributed by atoms with Gasteiger partial charge in [-0.05, 0) is 19.3 Å². The van der Waals surface area contributed by atoms with Gasteiger partial charge in [-0.3, -0.25) is 29.9 Å². The van der Waals surface area contributed by atoms with Crippen molar-refractivity contribution in [3.8, 4) is 0 Å². The fraction of sp³-hybridized carbons (Fsp3) is 0.909. The second kappa shape index (κ2) is 5.60. The highest BCUT2D eigenvalue weighted by molar-refractivity contribution is 5.76. The molecule has 0 amide bonds. The van der Waals surface area contributed by atoms with Crippen molar-refractivity contribution >= 4 is 5.78 Å². The molecule has 1 unspecified atom stereocenters. The second-order valence-corrected chi connectivity index (χ2v) is 5.59. The normalized spacial score (nSPS) is 19.8. The highest BCUT2D eigenvalue weighted by Gasteiger charge is 2.67. The highest BCUT2D eigenvalue weighted by Crippen LogP contribution is 2.30. The van der Waals surface area contributed by atoms with Crippen molar-refractivity contribution < 1.29 is 14.6 Å². The van der Waals surface area contributed by atoms with Crippen LogP contribution in [0.2, 0.25) is 0 Å². The number of carbonyl (C=O) groups is 1. The summed E-state index contributed by atoms with van der Waals surface area (Å²) in [6.07, 6.45) is 0.981. The Hall–Kier alpha value is -1.57. The van der Waals surface area contributed by atoms with Gasteiger partial charge in [-0.1, -0.05) is 13.8 Å². The Labute approximate surface area is 111 Å². The summed E-state index contributed by atoms with van der Waals surface area (Å²) in [5, 5.41) is 21.7. The largest absolute Gasteiger partial charge is 0.482 e. The van der Waals surface area contributed by atoms with E-state index in [1.54, 1.807) is 4.90 Å². The molecule has 8 heteroatoms. The lowest BCUT2D eigenvalue weighted by atomic mass is 9.91. The van der Waals surface area contributed by atoms with Gasteiger partial charge in [0.1, 0.15) is 28.7 Å². The Balaban J connectivity index is 2.73. The van der Waals surface area contributed by atoms with Crippen LogP contribution in [0.4, 0.5) is 0 Å². The Morgan fingerprint density at radius 2 is 1.74 bits per heavy atom. The van der Waals surface area contributed by atoms with Crippen LogP contribution in [0.25, 0.3) is 0 Å². The second-order valence-electron chi connectivity index (χ2n) is 5.59. The first-order valence-electron chi connectivity index (χ1n) is 6.21. The molecule has 108 valence electrons. The molecule has 0 aliphatic carbocycles. The third kappa shape index (κ3) is 3.25. The SMILES string of the molecule is CC(=O)CC(CC(C)C)N1CC([N+](=O)[O-])([N+](=O)[O-])C1. The van der Waals surface area contributed by atoms with E-state index in [1.807, 2.05) is 13.8 Å². The third-order valence-electron chi connectivity index (χ3n) is 3.38. The summed E-state index contributed by atoms with van der Waals surface area (Å²) in [7, 11) is 0. The number of Topliss-reactive ketones (excluding diaryl/α,β-unsaturated/α-hetero) is 1. The smallest absolute Gasteiger partial charge is 0.300 e. The van der Waals surface area contributed by atoms with E-state index < -0.39 is 15.5 Å². The molecule has 0 aromatic rings. The molecule has 8 nitrogen and oxygen atoms in total. The molecule has 0 N–H and O–H groups in total. The van der Waals surface area contributed by atoms with Crippen molar-refractivity contribution in [3.05, 3.63) is 20.2 Å². The molecule has 0 aromatic heterocycles. The molecule has 1 rings (SSSR count). The van der Waals surface area contributed by atoms with Gasteiger partial charge in [0.05, 0.1) is 0 Å². The van der Waals surface area contributed by atoms with Crippen molar-refractivity contribution in [1.82, 2.24) is 4.90 Å². The van der Waals surface area contributed by atoms with Crippen LogP contribution >= 0.6 is 0 Å². The maximum atomic E-state index is 11.2. The average molecular weight is 273 g/mol. The van der Waals surface area contributed by atoms with Crippen molar-refractivity contribution in [1.29, 1.82) is 0 Å². The Morgan fingerprint density at radius 1 is 1.26 bits per heavy atom. The van der Waals surface area contributed by atoms with Gasteiger partial charge in [-0.25, -0.2) is 0 Å². The number of hydrogen-bond acceptors (Lipinski definition) is 6. The number of nitro groups is 2. The molecule has 0 radical (unpaired) electrons. The summed E-state index contributed by atoms with van der Waals surface area (Å²) in [4.78, 5) is 32.9. The van der Waals surface area contributed by atoms with Crippen LogP contribution in [0.5, 0.6) is 0 Å². The molecule has 1 aliphatic heterocycles. The van der Waals surface area contributed by atoms with Crippen molar-refractivity contribution in [2.45, 2.75) is 45.3 Å². The van der Waals surface area contributed by atoms with E-state index in [4.69, 9.17) is 0 Å². The fourth-order valence-electron chi connectivity index (χ4n) is 2.40. The highest BCUT2D eigenvalue weighted by atomic mass is 16.7. The maximum absolute atomic E-state index is 11.2. The minimum atomic E-state index is -2.09. The van der Waals surface area contributed by atoms with Gasteiger partial charge in [0.25, 0.3) is 0 Å². The number of likely N-dealkylation sites (tertiary alicyclic amines) is 1. The first-order chi connectivity index (χ1) is 8.69. The summed E-state index contributed by atoms with van der Waals surface area (Å²) in [6, 6.07) is -0.148. The molecule has 1 atom stereocenters. The minimum Gasteiger partial charge on any atom is -0.300 e. The molecule has 0 aromatic carbocycles. The van der Waals surface area contributed by atoms with Gasteiger partial charge in [0.2, 0.25) is 0 Å². The van der Waals surface area contributed by atoms with E-state index >= 15 is 0 Å². The van der Waals surface area contributed by atoms with Crippen LogP contribution in [0.1, 0.15) is 33.6 Å². The summed E-state index contributed by atoms with van der Waals surface area (Å²) >= 11 is 0. The first-order valence-corrected chi connectivity index (χ1v) is 6.21. The number of ketones is 1. The molecular formula is C11H19N3O5. The zero-order chi connectivity index (χ0) is 14.8. The fourth-order valence-corrected chi connectivity index (χ4v) is 2.40. The van der Waals surface area contributed by atoms with E-state index in [9.17, 15) is 25.0 Å². The van der Waals surface area contributed by atoms with Crippen LogP contribution in [-0.4, -0.2) is 45.3 Å². The monoisotopic (exact) mass is 273 g/mol. The Kier molecular flexibility index (Phi) is 4.56. The van der Waals surface area contributed by atoms with Crippen LogP contribution in [0, 0.1) is 26.1 Å². The maximum Gasteiger partial charge on any atom is 0.482 e. The Bertz CT molecular complexity index is 374. The zero-order valence-electron chi connectivity index (χ0n) is 11.4. The van der Waals surface area contributed by atoms with Crippen LogP contribution in [-0.2, 0) is 4.79 Å². The molecule has 1 aliphatic rings. The number of carbonyl (C=O) groups excluding carboxylic acids is 1. The lowest BCUT2D eigenvalue weighted by molar-refractivity contribution is -0.811. The first kappa shape index (κ1) is 15.5. The van der Waals surface area contributed by atoms with Crippen LogP contribution in [0.15, 0.2) is 0 Å². The number of rotatable bonds is 7. The summed E-state index contributed by atoms with van der Waals surface area (Å²) in [6.45, 7) is 4.99. The standard InChI is InChI=1S/C11H19N3O5/c1-8(2)4-10(5-9(3)15)12-6-11(7-12,13(16)17)14(18)19/h8,10H,4-7H2,1-3H3. The molecule has 19 heavy (non-hydrogen) atoms. The molecule has 0 saturated carbocycles. The number of hydrogen-bond donors (Lipinski definition) is 0. The topological polar surface area (TPSA) is 107 Å². The van der Waals surface area contributed by atoms with Gasteiger partial charge in [0.15, 0.2) is 0 Å². The summed E-state index contributed by atoms with van der Waals surface area (Å²) in [5.41, 5.74) is -2.09. The van der Waals surface area contributed by atoms with E-state index in [1.165, 1.54) is 6.92 Å². The number of nitrogens with zero attached hydrogens (tertiary/aromatic N) is 3. The molecule has 0 bridgehead atoms. The molecule has 1 heterocycles. The molecule has 1 saturated heterocycles. The zero-order valence-corrected chi connectivity index (χ0v) is 11.4. The Morgan fingerprint density at radius 3 is 2.05 bits per heavy atom. The molecule has 1 fully saturated rings. The van der Waals surface area contributed by atoms with Crippen molar-refractivity contribution in [2.75, 3.05) is 13.1 Å². The van der Waals surface area contributed by atoms with E-state index in [0.29, 0.717) is 12.3 Å². The van der Waals surface area contributed by atoms with E-state index in [0.717, 1.165) is 0 Å². The molecule has 0 spiro atoms. The van der Waals surface area contributed by atoms with Gasteiger partial charge in [-0.2, -0.15) is 0 Å². The predicted molar refractivity (Wildman–Crippen MR) is 66.8 cm³/mol. The van der Waals surface area contributed by atoms with Gasteiger partial charge >= 0.3 is 5.66 Å². The van der Waals surface area contributed by atoms with Crippen LogP contribution in [0.3, 0.4) is 0 Å². The summed E-state index contributed by atoms with van der Waals surface area (Å²) in [5.74, 6) is 0.316. The molecular weight excluding hydrogens is 254 g/mol. The lowest BCUT2D eigenvalue weighted by Crippen LogP contribution is -2.72. The van der Waals surface area contributed by atoms with Crippen LogP contribution < -0.4 is 0 Å². The minimum absolute atomic E-state index is 0.00893. The van der Waals surface area contributed by atoms with Gasteiger partial charge in [-0.15, -0.1) is 0 Å². The van der Waals surface area contributed by atoms with Crippen molar-refractivity contribution in [3.63, 3.8) is 0 Å². The van der Waals surface area contributed by atoms with E-state index in [-0.39, 0.29) is 31.3 Å². The van der Waals surface area contributed by atoms with Gasteiger partial charge < -0.3 is 0 Å². The quantitative estimate of drug-likeness (QED) is 0.388. The van der Waals surface area contributed by atoms with Crippen molar-refractivity contribution in [2.24, 2.45) is 5.92 Å². The average Bonchev–Trinajstić information content (AvgIpc) is 2.11. The van der Waals surface area contributed by atoms with E-state index in [2.05, 4.69) is 0 Å². The predicted octanol–water partition coefficient (Wildman–Crippen LogP) is 0.946. The van der Waals surface area contributed by atoms with Gasteiger partial charge in [0, 0.05) is 12.5 Å².